The number of morpholine rings is 1. The molecule has 0 spiro atoms. The summed E-state index contributed by atoms with van der Waals surface area (Å²) in [7, 11) is 0. The lowest BCUT2D eigenvalue weighted by molar-refractivity contribution is -0.0119. The first-order chi connectivity index (χ1) is 9.16. The van der Waals surface area contributed by atoms with Crippen LogP contribution in [0.1, 0.15) is 19.4 Å². The summed E-state index contributed by atoms with van der Waals surface area (Å²) in [6.45, 7) is 8.10. The van der Waals surface area contributed by atoms with E-state index >= 15 is 0 Å². The van der Waals surface area contributed by atoms with Crippen molar-refractivity contribution < 1.29 is 9.13 Å². The van der Waals surface area contributed by atoms with E-state index < -0.39 is 0 Å². The van der Waals surface area contributed by atoms with Gasteiger partial charge in [0.15, 0.2) is 0 Å². The van der Waals surface area contributed by atoms with Crippen LogP contribution in [-0.2, 0) is 11.3 Å². The molecule has 0 aliphatic carbocycles. The Balaban J connectivity index is 1.97. The molecule has 2 rings (SSSR count). The lowest BCUT2D eigenvalue weighted by Crippen LogP contribution is -2.50. The second kappa shape index (κ2) is 6.98. The minimum absolute atomic E-state index is 0.121. The molecule has 1 aromatic carbocycles. The summed E-state index contributed by atoms with van der Waals surface area (Å²) < 4.78 is 19.2. The van der Waals surface area contributed by atoms with Crippen LogP contribution < -0.4 is 5.32 Å². The zero-order chi connectivity index (χ0) is 13.7. The van der Waals surface area contributed by atoms with Gasteiger partial charge in [-0.2, -0.15) is 0 Å². The van der Waals surface area contributed by atoms with Crippen molar-refractivity contribution in [1.29, 1.82) is 0 Å². The summed E-state index contributed by atoms with van der Waals surface area (Å²) in [4.78, 5) is 2.30. The van der Waals surface area contributed by atoms with E-state index in [1.54, 1.807) is 6.07 Å². The van der Waals surface area contributed by atoms with Crippen LogP contribution >= 0.6 is 0 Å². The molecule has 1 aliphatic rings. The highest BCUT2D eigenvalue weighted by atomic mass is 19.1. The van der Waals surface area contributed by atoms with Gasteiger partial charge in [0.2, 0.25) is 0 Å². The van der Waals surface area contributed by atoms with Crippen LogP contribution in [-0.4, -0.2) is 43.3 Å². The van der Waals surface area contributed by atoms with E-state index in [0.29, 0.717) is 25.2 Å². The van der Waals surface area contributed by atoms with Gasteiger partial charge in [-0.05, 0) is 6.07 Å². The number of halogens is 1. The van der Waals surface area contributed by atoms with Crippen LogP contribution in [0.15, 0.2) is 24.3 Å². The van der Waals surface area contributed by atoms with Gasteiger partial charge in [-0.15, -0.1) is 0 Å². The van der Waals surface area contributed by atoms with E-state index in [-0.39, 0.29) is 5.82 Å². The molecule has 0 aromatic heterocycles. The highest BCUT2D eigenvalue weighted by molar-refractivity contribution is 5.17. The number of hydrogen-bond acceptors (Lipinski definition) is 3. The maximum atomic E-state index is 13.7. The normalized spacial score (nSPS) is 20.9. The average molecular weight is 266 g/mol. The Hall–Kier alpha value is -0.970. The van der Waals surface area contributed by atoms with Crippen molar-refractivity contribution in [1.82, 2.24) is 10.2 Å². The van der Waals surface area contributed by atoms with E-state index in [0.717, 1.165) is 25.3 Å². The van der Waals surface area contributed by atoms with Crippen molar-refractivity contribution >= 4 is 0 Å². The van der Waals surface area contributed by atoms with Crippen molar-refractivity contribution in [3.8, 4) is 0 Å². The maximum Gasteiger partial charge on any atom is 0.127 e. The molecule has 0 amide bonds. The minimum Gasteiger partial charge on any atom is -0.378 e. The van der Waals surface area contributed by atoms with Gasteiger partial charge in [0.05, 0.1) is 13.2 Å². The second-order valence-electron chi connectivity index (χ2n) is 5.35. The summed E-state index contributed by atoms with van der Waals surface area (Å²) in [6, 6.07) is 7.78. The number of rotatable bonds is 5. The fourth-order valence-electron chi connectivity index (χ4n) is 2.30. The molecule has 1 unspecified atom stereocenters. The number of nitrogens with one attached hydrogen (secondary N) is 1. The third-order valence-electron chi connectivity index (χ3n) is 3.44. The number of hydrogen-bond donors (Lipinski definition) is 1. The fourth-order valence-corrected chi connectivity index (χ4v) is 2.30. The Bertz CT molecular complexity index is 397. The molecule has 0 saturated carbocycles. The lowest BCUT2D eigenvalue weighted by atomic mass is 10.1. The Morgan fingerprint density at radius 3 is 2.95 bits per heavy atom. The molecular formula is C15H23FN2O. The van der Waals surface area contributed by atoms with Crippen molar-refractivity contribution in [2.24, 2.45) is 0 Å². The molecule has 1 fully saturated rings. The number of benzene rings is 1. The highest BCUT2D eigenvalue weighted by Gasteiger charge is 2.23. The number of ether oxygens (including phenoxy) is 1. The smallest absolute Gasteiger partial charge is 0.127 e. The van der Waals surface area contributed by atoms with Crippen molar-refractivity contribution in [2.75, 3.05) is 26.3 Å². The van der Waals surface area contributed by atoms with Gasteiger partial charge in [0.1, 0.15) is 5.82 Å². The van der Waals surface area contributed by atoms with E-state index in [9.17, 15) is 4.39 Å². The molecule has 1 aliphatic heterocycles. The summed E-state index contributed by atoms with van der Waals surface area (Å²) >= 11 is 0. The fraction of sp³-hybridized carbons (Fsp3) is 0.600. The van der Waals surface area contributed by atoms with Crippen LogP contribution in [0.3, 0.4) is 0 Å². The van der Waals surface area contributed by atoms with E-state index in [4.69, 9.17) is 4.74 Å². The molecule has 1 aromatic rings. The Kier molecular flexibility index (Phi) is 5.31. The monoisotopic (exact) mass is 266 g/mol. The summed E-state index contributed by atoms with van der Waals surface area (Å²) in [5, 5.41) is 3.43. The molecular weight excluding hydrogens is 243 g/mol. The Morgan fingerprint density at radius 1 is 1.42 bits per heavy atom. The molecule has 1 atom stereocenters. The lowest BCUT2D eigenvalue weighted by Gasteiger charge is -2.36. The van der Waals surface area contributed by atoms with Gasteiger partial charge in [-0.25, -0.2) is 4.39 Å². The summed E-state index contributed by atoms with van der Waals surface area (Å²) in [5.74, 6) is -0.121. The predicted octanol–water partition coefficient (Wildman–Crippen LogP) is 2.02. The van der Waals surface area contributed by atoms with Crippen LogP contribution in [0.25, 0.3) is 0 Å². The Labute approximate surface area is 114 Å². The Morgan fingerprint density at radius 2 is 2.21 bits per heavy atom. The summed E-state index contributed by atoms with van der Waals surface area (Å²) in [5.41, 5.74) is 0.763. The topological polar surface area (TPSA) is 24.5 Å². The van der Waals surface area contributed by atoms with Gasteiger partial charge in [0, 0.05) is 37.3 Å². The largest absolute Gasteiger partial charge is 0.378 e. The van der Waals surface area contributed by atoms with Gasteiger partial charge in [-0.3, -0.25) is 4.90 Å². The standard InChI is InChI=1S/C15H23FN2O/c1-12(2)17-9-14-11-19-8-7-18(14)10-13-5-3-4-6-15(13)16/h3-6,12,14,17H,7-11H2,1-2H3. The van der Waals surface area contributed by atoms with E-state index in [1.807, 2.05) is 12.1 Å². The quantitative estimate of drug-likeness (QED) is 0.882. The first kappa shape index (κ1) is 14.4. The predicted molar refractivity (Wildman–Crippen MR) is 74.6 cm³/mol. The minimum atomic E-state index is -0.121. The summed E-state index contributed by atoms with van der Waals surface area (Å²) in [6.07, 6.45) is 0. The van der Waals surface area contributed by atoms with E-state index in [2.05, 4.69) is 24.1 Å². The highest BCUT2D eigenvalue weighted by Crippen LogP contribution is 2.14. The third kappa shape index (κ3) is 4.27. The van der Waals surface area contributed by atoms with Crippen LogP contribution in [0.5, 0.6) is 0 Å². The first-order valence-electron chi connectivity index (χ1n) is 6.95. The SMILES string of the molecule is CC(C)NCC1COCCN1Cc1ccccc1F. The molecule has 4 heteroatoms. The van der Waals surface area contributed by atoms with Gasteiger partial charge >= 0.3 is 0 Å². The number of nitrogens with zero attached hydrogens (tertiary/aromatic N) is 1. The van der Waals surface area contributed by atoms with Gasteiger partial charge in [-0.1, -0.05) is 32.0 Å². The second-order valence-corrected chi connectivity index (χ2v) is 5.35. The van der Waals surface area contributed by atoms with E-state index in [1.165, 1.54) is 6.07 Å². The van der Waals surface area contributed by atoms with Crippen molar-refractivity contribution in [2.45, 2.75) is 32.5 Å². The van der Waals surface area contributed by atoms with Crippen molar-refractivity contribution in [3.05, 3.63) is 35.6 Å². The zero-order valence-electron chi connectivity index (χ0n) is 11.7. The maximum absolute atomic E-state index is 13.7. The molecule has 3 nitrogen and oxygen atoms in total. The van der Waals surface area contributed by atoms with Crippen molar-refractivity contribution in [3.63, 3.8) is 0 Å². The molecule has 1 heterocycles. The molecule has 0 bridgehead atoms. The van der Waals surface area contributed by atoms with Gasteiger partial charge in [0.25, 0.3) is 0 Å². The molecule has 106 valence electrons. The zero-order valence-corrected chi connectivity index (χ0v) is 11.7. The molecule has 19 heavy (non-hydrogen) atoms. The molecule has 1 saturated heterocycles. The molecule has 1 N–H and O–H groups in total. The van der Waals surface area contributed by atoms with Gasteiger partial charge < -0.3 is 10.1 Å². The van der Waals surface area contributed by atoms with Crippen LogP contribution in [0, 0.1) is 5.82 Å². The average Bonchev–Trinajstić information content (AvgIpc) is 2.40. The third-order valence-corrected chi connectivity index (χ3v) is 3.44. The van der Waals surface area contributed by atoms with Crippen LogP contribution in [0.4, 0.5) is 4.39 Å². The molecule has 0 radical (unpaired) electrons. The first-order valence-corrected chi connectivity index (χ1v) is 6.95. The van der Waals surface area contributed by atoms with Crippen LogP contribution in [0.2, 0.25) is 0 Å².